The summed E-state index contributed by atoms with van der Waals surface area (Å²) < 4.78 is 64.8. The van der Waals surface area contributed by atoms with Crippen molar-refractivity contribution in [2.24, 2.45) is 0 Å². The number of pyridine rings is 1. The van der Waals surface area contributed by atoms with E-state index in [1.54, 1.807) is 13.0 Å². The van der Waals surface area contributed by atoms with Crippen molar-refractivity contribution in [2.45, 2.75) is 24.4 Å². The number of nitrogens with one attached hydrogen (secondary N) is 1. The van der Waals surface area contributed by atoms with Crippen LogP contribution in [0.2, 0.25) is 0 Å². The van der Waals surface area contributed by atoms with Gasteiger partial charge in [0.15, 0.2) is 11.6 Å². The van der Waals surface area contributed by atoms with Crippen molar-refractivity contribution in [3.63, 3.8) is 0 Å². The molecule has 1 N–H and O–H groups in total. The fourth-order valence-corrected chi connectivity index (χ4v) is 6.18. The second-order valence-corrected chi connectivity index (χ2v) is 9.91. The molecule has 0 spiro atoms. The molecule has 0 amide bonds. The maximum atomic E-state index is 15.4. The van der Waals surface area contributed by atoms with E-state index < -0.39 is 34.9 Å². The first kappa shape index (κ1) is 25.8. The van der Waals surface area contributed by atoms with Crippen molar-refractivity contribution in [3.05, 3.63) is 117 Å². The van der Waals surface area contributed by atoms with E-state index in [2.05, 4.69) is 0 Å². The summed E-state index contributed by atoms with van der Waals surface area (Å²) in [6.45, 7) is 1.63. The first-order chi connectivity index (χ1) is 18.2. The fourth-order valence-electron chi connectivity index (χ4n) is 4.80. The minimum absolute atomic E-state index is 0.0126. The predicted molar refractivity (Wildman–Crippen MR) is 140 cm³/mol. The van der Waals surface area contributed by atoms with Crippen LogP contribution in [0.3, 0.4) is 0 Å². The van der Waals surface area contributed by atoms with Gasteiger partial charge in [0.25, 0.3) is 5.56 Å². The number of methoxy groups -OCH3 is 1. The Kier molecular flexibility index (Phi) is 6.88. The highest BCUT2D eigenvalue weighted by Crippen LogP contribution is 2.41. The Hall–Kier alpha value is -3.85. The van der Waals surface area contributed by atoms with Gasteiger partial charge >= 0.3 is 0 Å². The molecule has 3 aromatic carbocycles. The van der Waals surface area contributed by atoms with Crippen LogP contribution in [0, 0.1) is 35.6 Å². The van der Waals surface area contributed by atoms with Gasteiger partial charge in [0.05, 0.1) is 29.5 Å². The molecular weight excluding hydrogens is 516 g/mol. The van der Waals surface area contributed by atoms with Crippen LogP contribution in [0.5, 0.6) is 5.75 Å². The Morgan fingerprint density at radius 2 is 1.66 bits per heavy atom. The third-order valence-electron chi connectivity index (χ3n) is 6.78. The van der Waals surface area contributed by atoms with Gasteiger partial charge in [-0.15, -0.1) is 11.8 Å². The number of hydrogen-bond donors (Lipinski definition) is 1. The van der Waals surface area contributed by atoms with E-state index in [-0.39, 0.29) is 34.6 Å². The number of aromatic nitrogens is 1. The first-order valence-corrected chi connectivity index (χ1v) is 12.7. The van der Waals surface area contributed by atoms with Crippen LogP contribution in [-0.2, 0) is 6.42 Å². The lowest BCUT2D eigenvalue weighted by Gasteiger charge is -2.21. The highest BCUT2D eigenvalue weighted by molar-refractivity contribution is 7.99. The van der Waals surface area contributed by atoms with Gasteiger partial charge in [0, 0.05) is 23.3 Å². The van der Waals surface area contributed by atoms with E-state index in [9.17, 15) is 18.0 Å². The highest BCUT2D eigenvalue weighted by atomic mass is 32.2. The molecule has 2 heterocycles. The largest absolute Gasteiger partial charge is 0.494 e. The van der Waals surface area contributed by atoms with Crippen molar-refractivity contribution >= 4 is 17.5 Å². The number of hydrogen-bond acceptors (Lipinski definition) is 4. The molecule has 0 saturated heterocycles. The molecular formula is C29H22F4N2O2S. The Balaban J connectivity index is 1.77. The average Bonchev–Trinajstić information content (AvgIpc) is 3.34. The smallest absolute Gasteiger partial charge is 0.260 e. The standard InChI is InChI=1S/C29H22F4N2O2S/c1-15-19(13-20-21(31)6-4-7-22(20)32)29-35(23(14-38-29)27(34)16-9-11-17(30)12-10-16)28(36)25(15)18-5-3-8-24(37-2)26(18)33/h3-12,23,34H,13-14H2,1-2H3. The maximum absolute atomic E-state index is 15.4. The quantitative estimate of drug-likeness (QED) is 0.220. The molecule has 1 unspecified atom stereocenters. The molecule has 1 aromatic heterocycles. The summed E-state index contributed by atoms with van der Waals surface area (Å²) in [7, 11) is 1.31. The van der Waals surface area contributed by atoms with Gasteiger partial charge in [-0.3, -0.25) is 9.36 Å². The molecule has 0 fully saturated rings. The SMILES string of the molecule is COc1cccc(-c2c(C)c(Cc3c(F)cccc3F)c3n(c2=O)C(C(=N)c2ccc(F)cc2)CS3)c1F. The molecule has 5 rings (SSSR count). The molecule has 1 aliphatic heterocycles. The summed E-state index contributed by atoms with van der Waals surface area (Å²) in [6, 6.07) is 12.6. The molecule has 0 saturated carbocycles. The van der Waals surface area contributed by atoms with Crippen LogP contribution in [0.15, 0.2) is 70.5 Å². The number of rotatable bonds is 6. The van der Waals surface area contributed by atoms with Crippen LogP contribution in [0.25, 0.3) is 11.1 Å². The summed E-state index contributed by atoms with van der Waals surface area (Å²) in [5, 5.41) is 9.27. The van der Waals surface area contributed by atoms with Crippen LogP contribution < -0.4 is 10.3 Å². The lowest BCUT2D eigenvalue weighted by molar-refractivity contribution is 0.387. The van der Waals surface area contributed by atoms with Crippen molar-refractivity contribution in [1.82, 2.24) is 4.57 Å². The Labute approximate surface area is 220 Å². The van der Waals surface area contributed by atoms with Crippen LogP contribution in [-0.4, -0.2) is 23.1 Å². The third-order valence-corrected chi connectivity index (χ3v) is 7.98. The van der Waals surface area contributed by atoms with Crippen molar-refractivity contribution in [3.8, 4) is 16.9 Å². The minimum atomic E-state index is -0.759. The predicted octanol–water partition coefficient (Wildman–Crippen LogP) is 6.69. The normalized spacial score (nSPS) is 14.4. The first-order valence-electron chi connectivity index (χ1n) is 11.7. The maximum Gasteiger partial charge on any atom is 0.260 e. The molecule has 4 nitrogen and oxygen atoms in total. The molecule has 0 bridgehead atoms. The van der Waals surface area contributed by atoms with Crippen LogP contribution in [0.4, 0.5) is 17.6 Å². The van der Waals surface area contributed by atoms with Gasteiger partial charge in [0.1, 0.15) is 17.5 Å². The zero-order valence-electron chi connectivity index (χ0n) is 20.4. The number of ether oxygens (including phenoxy) is 1. The Bertz CT molecular complexity index is 1610. The van der Waals surface area contributed by atoms with E-state index in [1.165, 1.54) is 65.9 Å². The molecule has 1 aliphatic rings. The van der Waals surface area contributed by atoms with Crippen LogP contribution in [0.1, 0.15) is 28.3 Å². The molecule has 1 atom stereocenters. The van der Waals surface area contributed by atoms with Gasteiger partial charge < -0.3 is 10.1 Å². The van der Waals surface area contributed by atoms with Gasteiger partial charge in [-0.05, 0) is 53.9 Å². The van der Waals surface area contributed by atoms with E-state index >= 15 is 4.39 Å². The summed E-state index contributed by atoms with van der Waals surface area (Å²) in [6.07, 6.45) is -0.178. The average molecular weight is 539 g/mol. The van der Waals surface area contributed by atoms with Crippen molar-refractivity contribution < 1.29 is 22.3 Å². The molecule has 0 radical (unpaired) electrons. The summed E-state index contributed by atoms with van der Waals surface area (Å²) in [5.74, 6) is -2.43. The van der Waals surface area contributed by atoms with Gasteiger partial charge in [-0.1, -0.05) is 30.3 Å². The summed E-state index contributed by atoms with van der Waals surface area (Å²) in [5.41, 5.74) is 0.645. The zero-order chi connectivity index (χ0) is 27.1. The van der Waals surface area contributed by atoms with E-state index in [0.717, 1.165) is 12.1 Å². The Morgan fingerprint density at radius 3 is 2.32 bits per heavy atom. The monoisotopic (exact) mass is 538 g/mol. The third kappa shape index (κ3) is 4.30. The van der Waals surface area contributed by atoms with E-state index in [1.807, 2.05) is 0 Å². The highest BCUT2D eigenvalue weighted by Gasteiger charge is 2.34. The molecule has 4 aromatic rings. The van der Waals surface area contributed by atoms with E-state index in [4.69, 9.17) is 10.1 Å². The molecule has 38 heavy (non-hydrogen) atoms. The van der Waals surface area contributed by atoms with Crippen LogP contribution >= 0.6 is 11.8 Å². The fraction of sp³-hybridized carbons (Fsp3) is 0.172. The van der Waals surface area contributed by atoms with Crippen molar-refractivity contribution in [1.29, 1.82) is 5.41 Å². The lowest BCUT2D eigenvalue weighted by atomic mass is 9.93. The minimum Gasteiger partial charge on any atom is -0.494 e. The summed E-state index contributed by atoms with van der Waals surface area (Å²) in [4.78, 5) is 14.0. The lowest BCUT2D eigenvalue weighted by Crippen LogP contribution is -2.31. The second kappa shape index (κ2) is 10.1. The van der Waals surface area contributed by atoms with Gasteiger partial charge in [-0.2, -0.15) is 0 Å². The molecule has 0 aliphatic carbocycles. The number of fused-ring (bicyclic) bond motifs is 1. The number of nitrogens with zero attached hydrogens (tertiary/aromatic N) is 1. The number of benzene rings is 3. The molecule has 194 valence electrons. The van der Waals surface area contributed by atoms with E-state index in [0.29, 0.717) is 27.5 Å². The summed E-state index contributed by atoms with van der Waals surface area (Å²) >= 11 is 1.29. The molecule has 9 heteroatoms. The number of halogens is 4. The van der Waals surface area contributed by atoms with Crippen molar-refractivity contribution in [2.75, 3.05) is 12.9 Å². The second-order valence-electron chi connectivity index (χ2n) is 8.91. The topological polar surface area (TPSA) is 55.1 Å². The Morgan fingerprint density at radius 1 is 1.00 bits per heavy atom. The van der Waals surface area contributed by atoms with Gasteiger partial charge in [-0.25, -0.2) is 17.6 Å². The van der Waals surface area contributed by atoms with Gasteiger partial charge in [0.2, 0.25) is 0 Å². The zero-order valence-corrected chi connectivity index (χ0v) is 21.3. The number of thioether (sulfide) groups is 1.